The number of guanidine groups is 1. The van der Waals surface area contributed by atoms with Gasteiger partial charge >= 0.3 is 12.8 Å². The largest absolute Gasteiger partial charge is 0.493 e. The lowest BCUT2D eigenvalue weighted by Crippen LogP contribution is -2.36. The van der Waals surface area contributed by atoms with Crippen molar-refractivity contribution in [2.75, 3.05) is 20.8 Å². The fourth-order valence-electron chi connectivity index (χ4n) is 2.48. The summed E-state index contributed by atoms with van der Waals surface area (Å²) in [5, 5.41) is 6.07. The van der Waals surface area contributed by atoms with Crippen molar-refractivity contribution in [2.24, 2.45) is 4.99 Å². The molecular formula is C20H23F5IN3O3. The van der Waals surface area contributed by atoms with E-state index in [1.165, 1.54) is 31.4 Å². The molecule has 0 spiro atoms. The van der Waals surface area contributed by atoms with Gasteiger partial charge in [0.25, 0.3) is 0 Å². The van der Waals surface area contributed by atoms with E-state index in [-0.39, 0.29) is 47.8 Å². The molecule has 0 bridgehead atoms. The zero-order valence-corrected chi connectivity index (χ0v) is 19.5. The Morgan fingerprint density at radius 2 is 1.56 bits per heavy atom. The highest BCUT2D eigenvalue weighted by Gasteiger charge is 2.28. The maximum atomic E-state index is 12.5. The predicted octanol–water partition coefficient (Wildman–Crippen LogP) is 4.72. The van der Waals surface area contributed by atoms with Gasteiger partial charge in [0.05, 0.1) is 7.11 Å². The van der Waals surface area contributed by atoms with Crippen molar-refractivity contribution in [3.05, 3.63) is 53.6 Å². The first-order chi connectivity index (χ1) is 14.7. The van der Waals surface area contributed by atoms with Crippen LogP contribution in [-0.2, 0) is 13.1 Å². The number of ether oxygens (including phenoxy) is 3. The van der Waals surface area contributed by atoms with E-state index in [4.69, 9.17) is 4.74 Å². The van der Waals surface area contributed by atoms with Crippen LogP contribution in [0.3, 0.4) is 0 Å². The second-order valence-corrected chi connectivity index (χ2v) is 6.19. The fourth-order valence-corrected chi connectivity index (χ4v) is 2.48. The normalized spacial score (nSPS) is 11.6. The van der Waals surface area contributed by atoms with Crippen LogP contribution in [0.25, 0.3) is 0 Å². The van der Waals surface area contributed by atoms with Crippen molar-refractivity contribution in [2.45, 2.75) is 25.9 Å². The topological polar surface area (TPSA) is 64.1 Å². The van der Waals surface area contributed by atoms with Gasteiger partial charge in [0.1, 0.15) is 5.75 Å². The van der Waals surface area contributed by atoms with Gasteiger partial charge in [-0.25, -0.2) is 0 Å². The molecule has 2 N–H and O–H groups in total. The zero-order valence-electron chi connectivity index (χ0n) is 17.2. The van der Waals surface area contributed by atoms with Crippen LogP contribution in [0, 0.1) is 0 Å². The van der Waals surface area contributed by atoms with Crippen LogP contribution < -0.4 is 24.8 Å². The molecule has 0 saturated heterocycles. The second-order valence-electron chi connectivity index (χ2n) is 6.19. The smallest absolute Gasteiger partial charge is 0.422 e. The molecule has 0 unspecified atom stereocenters. The lowest BCUT2D eigenvalue weighted by atomic mass is 10.2. The number of rotatable bonds is 9. The van der Waals surface area contributed by atoms with Crippen LogP contribution in [0.15, 0.2) is 47.5 Å². The van der Waals surface area contributed by atoms with Crippen molar-refractivity contribution in [3.63, 3.8) is 0 Å². The number of alkyl halides is 5. The summed E-state index contributed by atoms with van der Waals surface area (Å²) < 4.78 is 75.7. The van der Waals surface area contributed by atoms with Gasteiger partial charge in [-0.2, -0.15) is 22.0 Å². The maximum absolute atomic E-state index is 12.5. The first-order valence-corrected chi connectivity index (χ1v) is 9.05. The minimum Gasteiger partial charge on any atom is -0.493 e. The summed E-state index contributed by atoms with van der Waals surface area (Å²) >= 11 is 0. The van der Waals surface area contributed by atoms with Crippen LogP contribution in [-0.4, -0.2) is 39.5 Å². The zero-order chi connectivity index (χ0) is 22.9. The number of methoxy groups -OCH3 is 1. The van der Waals surface area contributed by atoms with E-state index in [0.717, 1.165) is 5.56 Å². The standard InChI is InChI=1S/C20H22F5N3O3.HI/c1-26-19(27-10-13-3-6-15(7-4-13)30-12-20(23,24)25)28-11-14-5-8-16(29-2)17(9-14)31-18(21)22;/h3-9,18H,10-12H2,1-2H3,(H2,26,27,28);1H. The Kier molecular flexibility index (Phi) is 11.3. The number of nitrogens with one attached hydrogen (secondary N) is 2. The first-order valence-electron chi connectivity index (χ1n) is 9.05. The van der Waals surface area contributed by atoms with Crippen LogP contribution in [0.5, 0.6) is 17.2 Å². The van der Waals surface area contributed by atoms with E-state index in [1.54, 1.807) is 25.2 Å². The number of hydrogen-bond acceptors (Lipinski definition) is 4. The van der Waals surface area contributed by atoms with Crippen LogP contribution in [0.4, 0.5) is 22.0 Å². The lowest BCUT2D eigenvalue weighted by Gasteiger charge is -2.14. The average Bonchev–Trinajstić information content (AvgIpc) is 2.72. The van der Waals surface area contributed by atoms with E-state index in [2.05, 4.69) is 25.1 Å². The summed E-state index contributed by atoms with van der Waals surface area (Å²) in [6, 6.07) is 10.8. The van der Waals surface area contributed by atoms with Crippen molar-refractivity contribution in [1.29, 1.82) is 0 Å². The number of halogens is 6. The molecule has 0 aliphatic heterocycles. The highest BCUT2D eigenvalue weighted by atomic mass is 127. The summed E-state index contributed by atoms with van der Waals surface area (Å²) in [6.45, 7) is -3.71. The summed E-state index contributed by atoms with van der Waals surface area (Å²) in [7, 11) is 2.91. The Bertz CT molecular complexity index is 865. The Hall–Kier alpha value is -2.51. The number of nitrogens with zero attached hydrogens (tertiary/aromatic N) is 1. The molecule has 0 fully saturated rings. The molecule has 0 saturated carbocycles. The van der Waals surface area contributed by atoms with Gasteiger partial charge in [-0.05, 0) is 35.4 Å². The SMILES string of the molecule is CN=C(NCc1ccc(OCC(F)(F)F)cc1)NCc1ccc(OC)c(OC(F)F)c1.I. The van der Waals surface area contributed by atoms with Gasteiger partial charge in [-0.1, -0.05) is 18.2 Å². The fraction of sp³-hybridized carbons (Fsp3) is 0.350. The molecule has 0 aliphatic carbocycles. The van der Waals surface area contributed by atoms with Crippen molar-refractivity contribution in [3.8, 4) is 17.2 Å². The summed E-state index contributed by atoms with van der Waals surface area (Å²) in [5.74, 6) is 0.663. The summed E-state index contributed by atoms with van der Waals surface area (Å²) in [6.07, 6.45) is -4.39. The van der Waals surface area contributed by atoms with Crippen LogP contribution >= 0.6 is 24.0 Å². The molecule has 0 atom stereocenters. The number of aliphatic imine (C=N–C) groups is 1. The van der Waals surface area contributed by atoms with Crippen molar-refractivity contribution < 1.29 is 36.2 Å². The molecule has 2 rings (SSSR count). The average molecular weight is 575 g/mol. The molecule has 12 heteroatoms. The highest BCUT2D eigenvalue weighted by molar-refractivity contribution is 14.0. The first kappa shape index (κ1) is 27.5. The quantitative estimate of drug-likeness (QED) is 0.196. The lowest BCUT2D eigenvalue weighted by molar-refractivity contribution is -0.153. The molecule has 0 aromatic heterocycles. The van der Waals surface area contributed by atoms with Crippen LogP contribution in [0.1, 0.15) is 11.1 Å². The Balaban J connectivity index is 0.00000512. The van der Waals surface area contributed by atoms with Gasteiger partial charge in [0.2, 0.25) is 0 Å². The van der Waals surface area contributed by atoms with E-state index >= 15 is 0 Å². The van der Waals surface area contributed by atoms with Gasteiger partial charge < -0.3 is 24.8 Å². The number of hydrogen-bond donors (Lipinski definition) is 2. The van der Waals surface area contributed by atoms with Crippen LogP contribution in [0.2, 0.25) is 0 Å². The monoisotopic (exact) mass is 575 g/mol. The molecule has 178 valence electrons. The highest BCUT2D eigenvalue weighted by Crippen LogP contribution is 2.29. The van der Waals surface area contributed by atoms with Gasteiger partial charge in [0, 0.05) is 20.1 Å². The third-order valence-corrected chi connectivity index (χ3v) is 3.91. The Morgan fingerprint density at radius 3 is 2.09 bits per heavy atom. The molecule has 0 radical (unpaired) electrons. The minimum absolute atomic E-state index is 0. The van der Waals surface area contributed by atoms with E-state index in [0.29, 0.717) is 18.1 Å². The summed E-state index contributed by atoms with van der Waals surface area (Å²) in [4.78, 5) is 4.07. The molecule has 2 aromatic rings. The maximum Gasteiger partial charge on any atom is 0.422 e. The van der Waals surface area contributed by atoms with E-state index in [9.17, 15) is 22.0 Å². The van der Waals surface area contributed by atoms with Gasteiger partial charge in [-0.15, -0.1) is 24.0 Å². The molecule has 0 heterocycles. The molecule has 32 heavy (non-hydrogen) atoms. The van der Waals surface area contributed by atoms with Gasteiger partial charge in [-0.3, -0.25) is 4.99 Å². The second kappa shape index (κ2) is 13.1. The third-order valence-electron chi connectivity index (χ3n) is 3.91. The van der Waals surface area contributed by atoms with Gasteiger partial charge in [0.15, 0.2) is 24.1 Å². The molecule has 0 amide bonds. The van der Waals surface area contributed by atoms with E-state index in [1.807, 2.05) is 0 Å². The van der Waals surface area contributed by atoms with Crippen molar-refractivity contribution in [1.82, 2.24) is 10.6 Å². The Labute approximate surface area is 199 Å². The third kappa shape index (κ3) is 9.75. The predicted molar refractivity (Wildman–Crippen MR) is 120 cm³/mol. The molecule has 6 nitrogen and oxygen atoms in total. The summed E-state index contributed by atoms with van der Waals surface area (Å²) in [5.41, 5.74) is 1.45. The van der Waals surface area contributed by atoms with Crippen molar-refractivity contribution >= 4 is 29.9 Å². The van der Waals surface area contributed by atoms with E-state index < -0.39 is 19.4 Å². The Morgan fingerprint density at radius 1 is 0.969 bits per heavy atom. The molecule has 0 aliphatic rings. The molecule has 2 aromatic carbocycles. The minimum atomic E-state index is -4.39. The number of benzene rings is 2. The molecular weight excluding hydrogens is 552 g/mol.